The summed E-state index contributed by atoms with van der Waals surface area (Å²) >= 11 is 0. The van der Waals surface area contributed by atoms with Gasteiger partial charge in [-0.15, -0.1) is 0 Å². The summed E-state index contributed by atoms with van der Waals surface area (Å²) < 4.78 is 0. The highest BCUT2D eigenvalue weighted by atomic mass is 16.2. The lowest BCUT2D eigenvalue weighted by atomic mass is 9.92. The van der Waals surface area contributed by atoms with Crippen LogP contribution in [-0.4, -0.2) is 55.3 Å². The molecular weight excluding hydrogens is 350 g/mol. The fourth-order valence-electron chi connectivity index (χ4n) is 3.82. The molecular formula is C23H31N3O2. The van der Waals surface area contributed by atoms with Gasteiger partial charge in [0.1, 0.15) is 0 Å². The number of imide groups is 1. The van der Waals surface area contributed by atoms with Gasteiger partial charge in [-0.1, -0.05) is 38.3 Å². The van der Waals surface area contributed by atoms with Crippen LogP contribution in [0.25, 0.3) is 10.8 Å². The molecule has 2 aromatic rings. The third-order valence-electron chi connectivity index (χ3n) is 5.32. The van der Waals surface area contributed by atoms with E-state index in [1.54, 1.807) is 0 Å². The molecule has 0 aliphatic carbocycles. The molecule has 0 atom stereocenters. The molecule has 2 aromatic carbocycles. The second-order valence-electron chi connectivity index (χ2n) is 7.80. The Morgan fingerprint density at radius 1 is 0.929 bits per heavy atom. The predicted octanol–water partition coefficient (Wildman–Crippen LogP) is 4.38. The minimum atomic E-state index is -0.163. The number of anilines is 1. The Morgan fingerprint density at radius 2 is 1.68 bits per heavy atom. The zero-order valence-electron chi connectivity index (χ0n) is 17.3. The van der Waals surface area contributed by atoms with Crippen LogP contribution < -0.4 is 5.32 Å². The van der Waals surface area contributed by atoms with Crippen molar-refractivity contribution < 1.29 is 9.59 Å². The van der Waals surface area contributed by atoms with E-state index in [9.17, 15) is 9.59 Å². The maximum atomic E-state index is 13.0. The average molecular weight is 382 g/mol. The summed E-state index contributed by atoms with van der Waals surface area (Å²) in [6.45, 7) is 4.51. The van der Waals surface area contributed by atoms with Crippen molar-refractivity contribution >= 4 is 28.3 Å². The minimum absolute atomic E-state index is 0.163. The van der Waals surface area contributed by atoms with E-state index in [4.69, 9.17) is 0 Å². The monoisotopic (exact) mass is 381 g/mol. The highest BCUT2D eigenvalue weighted by Gasteiger charge is 2.32. The van der Waals surface area contributed by atoms with E-state index >= 15 is 0 Å². The summed E-state index contributed by atoms with van der Waals surface area (Å²) in [4.78, 5) is 29.6. The maximum absolute atomic E-state index is 13.0. The number of unbranched alkanes of at least 4 members (excludes halogenated alkanes) is 3. The van der Waals surface area contributed by atoms with Crippen LogP contribution in [0, 0.1) is 0 Å². The Kier molecular flexibility index (Phi) is 6.68. The van der Waals surface area contributed by atoms with Gasteiger partial charge in [0.25, 0.3) is 11.8 Å². The quantitative estimate of drug-likeness (QED) is 0.490. The molecule has 0 unspecified atom stereocenters. The van der Waals surface area contributed by atoms with Crippen molar-refractivity contribution in [2.24, 2.45) is 0 Å². The second kappa shape index (κ2) is 9.20. The van der Waals surface area contributed by atoms with Gasteiger partial charge < -0.3 is 10.2 Å². The molecule has 28 heavy (non-hydrogen) atoms. The normalized spacial score (nSPS) is 13.6. The van der Waals surface area contributed by atoms with Crippen molar-refractivity contribution in [2.75, 3.05) is 39.0 Å². The largest absolute Gasteiger partial charge is 0.384 e. The zero-order valence-corrected chi connectivity index (χ0v) is 17.3. The molecule has 1 heterocycles. The van der Waals surface area contributed by atoms with Crippen LogP contribution in [0.5, 0.6) is 0 Å². The number of rotatable bonds is 10. The summed E-state index contributed by atoms with van der Waals surface area (Å²) in [6, 6.07) is 9.59. The van der Waals surface area contributed by atoms with Crippen LogP contribution in [-0.2, 0) is 0 Å². The van der Waals surface area contributed by atoms with E-state index in [1.165, 1.54) is 4.90 Å². The van der Waals surface area contributed by atoms with Crippen molar-refractivity contribution in [2.45, 2.75) is 39.0 Å². The van der Waals surface area contributed by atoms with Gasteiger partial charge in [-0.3, -0.25) is 14.5 Å². The Hall–Kier alpha value is -2.40. The van der Waals surface area contributed by atoms with Gasteiger partial charge in [0, 0.05) is 40.7 Å². The fourth-order valence-corrected chi connectivity index (χ4v) is 3.82. The smallest absolute Gasteiger partial charge is 0.261 e. The molecule has 1 aliphatic rings. The molecule has 1 N–H and O–H groups in total. The van der Waals surface area contributed by atoms with Crippen molar-refractivity contribution in [1.82, 2.24) is 9.80 Å². The first kappa shape index (κ1) is 20.3. The molecule has 0 saturated carbocycles. The highest BCUT2D eigenvalue weighted by Crippen LogP contribution is 2.34. The summed E-state index contributed by atoms with van der Waals surface area (Å²) in [5.74, 6) is -0.325. The van der Waals surface area contributed by atoms with Crippen LogP contribution in [0.3, 0.4) is 0 Å². The van der Waals surface area contributed by atoms with E-state index in [0.717, 1.165) is 61.7 Å². The Bertz CT molecular complexity index is 838. The van der Waals surface area contributed by atoms with E-state index in [2.05, 4.69) is 31.2 Å². The van der Waals surface area contributed by atoms with Gasteiger partial charge >= 0.3 is 0 Å². The molecule has 1 aliphatic heterocycles. The molecule has 0 spiro atoms. The summed E-state index contributed by atoms with van der Waals surface area (Å²) in [7, 11) is 4.13. The number of hydrogen-bond acceptors (Lipinski definition) is 4. The summed E-state index contributed by atoms with van der Waals surface area (Å²) in [5, 5.41) is 5.21. The SMILES string of the molecule is CCCCCCN1C(=O)c2cccc3c(NCCCN(C)C)ccc(c23)C1=O. The lowest BCUT2D eigenvalue weighted by Gasteiger charge is -2.28. The lowest BCUT2D eigenvalue weighted by molar-refractivity contribution is 0.0608. The molecule has 3 rings (SSSR count). The van der Waals surface area contributed by atoms with Crippen molar-refractivity contribution in [1.29, 1.82) is 0 Å². The number of amides is 2. The summed E-state index contributed by atoms with van der Waals surface area (Å²) in [6.07, 6.45) is 5.20. The molecule has 5 heteroatoms. The van der Waals surface area contributed by atoms with Crippen LogP contribution in [0.2, 0.25) is 0 Å². The molecule has 0 fully saturated rings. The zero-order chi connectivity index (χ0) is 20.1. The van der Waals surface area contributed by atoms with Gasteiger partial charge in [0.2, 0.25) is 0 Å². The van der Waals surface area contributed by atoms with Crippen molar-refractivity contribution in [3.8, 4) is 0 Å². The second-order valence-corrected chi connectivity index (χ2v) is 7.80. The number of carbonyl (C=O) groups is 2. The third kappa shape index (κ3) is 4.20. The molecule has 2 amide bonds. The molecule has 0 aromatic heterocycles. The average Bonchev–Trinajstić information content (AvgIpc) is 2.69. The maximum Gasteiger partial charge on any atom is 0.261 e. The number of hydrogen-bond donors (Lipinski definition) is 1. The highest BCUT2D eigenvalue weighted by molar-refractivity contribution is 6.26. The van der Waals surface area contributed by atoms with Gasteiger partial charge in [-0.2, -0.15) is 0 Å². The van der Waals surface area contributed by atoms with E-state index < -0.39 is 0 Å². The molecule has 5 nitrogen and oxygen atoms in total. The topological polar surface area (TPSA) is 52.7 Å². The summed E-state index contributed by atoms with van der Waals surface area (Å²) in [5.41, 5.74) is 2.26. The van der Waals surface area contributed by atoms with Crippen LogP contribution >= 0.6 is 0 Å². The van der Waals surface area contributed by atoms with Crippen molar-refractivity contribution in [3.05, 3.63) is 41.5 Å². The number of benzene rings is 2. The van der Waals surface area contributed by atoms with E-state index in [-0.39, 0.29) is 11.8 Å². The van der Waals surface area contributed by atoms with Gasteiger partial charge in [0.15, 0.2) is 0 Å². The minimum Gasteiger partial charge on any atom is -0.384 e. The predicted molar refractivity (Wildman–Crippen MR) is 115 cm³/mol. The Morgan fingerprint density at radius 3 is 2.39 bits per heavy atom. The third-order valence-corrected chi connectivity index (χ3v) is 5.32. The van der Waals surface area contributed by atoms with E-state index in [0.29, 0.717) is 17.7 Å². The lowest BCUT2D eigenvalue weighted by Crippen LogP contribution is -2.40. The first-order valence-electron chi connectivity index (χ1n) is 10.3. The van der Waals surface area contributed by atoms with Crippen LogP contribution in [0.15, 0.2) is 30.3 Å². The van der Waals surface area contributed by atoms with Gasteiger partial charge in [-0.05, 0) is 51.7 Å². The first-order valence-corrected chi connectivity index (χ1v) is 10.3. The Labute approximate surface area is 167 Å². The molecule has 0 radical (unpaired) electrons. The molecule has 0 bridgehead atoms. The molecule has 150 valence electrons. The van der Waals surface area contributed by atoms with Gasteiger partial charge in [0.05, 0.1) is 0 Å². The Balaban J connectivity index is 1.85. The first-order chi connectivity index (χ1) is 13.5. The van der Waals surface area contributed by atoms with E-state index in [1.807, 2.05) is 30.3 Å². The number of nitrogens with zero attached hydrogens (tertiary/aromatic N) is 2. The fraction of sp³-hybridized carbons (Fsp3) is 0.478. The van der Waals surface area contributed by atoms with Crippen LogP contribution in [0.4, 0.5) is 5.69 Å². The standard InChI is InChI=1S/C23H31N3O2/c1-4-5-6-7-16-26-22(27)18-11-8-10-17-20(24-14-9-15-25(2)3)13-12-19(21(17)18)23(26)28/h8,10-13,24H,4-7,9,14-16H2,1-3H3. The van der Waals surface area contributed by atoms with Gasteiger partial charge in [-0.25, -0.2) is 0 Å². The number of carbonyl (C=O) groups excluding carboxylic acids is 2. The number of nitrogens with one attached hydrogen (secondary N) is 1. The van der Waals surface area contributed by atoms with Crippen molar-refractivity contribution in [3.63, 3.8) is 0 Å². The molecule has 0 saturated heterocycles. The van der Waals surface area contributed by atoms with Crippen LogP contribution in [0.1, 0.15) is 59.7 Å².